The van der Waals surface area contributed by atoms with Gasteiger partial charge in [0.05, 0.1) is 18.9 Å². The highest BCUT2D eigenvalue weighted by atomic mass is 16.7. The molecule has 19 nitrogen and oxygen atoms in total. The number of hydrogen-bond donors (Lipinski definition) is 1. The van der Waals surface area contributed by atoms with Gasteiger partial charge in [-0.3, -0.25) is 29.2 Å². The fraction of sp³-hybridized carbons (Fsp3) is 0.211. The monoisotopic (exact) mass is 780 g/mol. The van der Waals surface area contributed by atoms with Crippen LogP contribution in [0.2, 0.25) is 0 Å². The fourth-order valence-corrected chi connectivity index (χ4v) is 3.84. The minimum Gasteiger partial charge on any atom is -0.506 e. The maximum atomic E-state index is 12.2. The predicted molar refractivity (Wildman–Crippen MR) is 201 cm³/mol. The Labute approximate surface area is 327 Å². The van der Waals surface area contributed by atoms with Gasteiger partial charge in [-0.1, -0.05) is 0 Å². The van der Waals surface area contributed by atoms with Crippen molar-refractivity contribution in [2.45, 2.75) is 13.8 Å². The van der Waals surface area contributed by atoms with Crippen molar-refractivity contribution < 1.29 is 43.3 Å². The van der Waals surface area contributed by atoms with Gasteiger partial charge in [0.2, 0.25) is 11.6 Å². The molecule has 6 heterocycles. The second-order valence-corrected chi connectivity index (χ2v) is 10.4. The van der Waals surface area contributed by atoms with E-state index in [1.807, 2.05) is 13.8 Å². The zero-order valence-corrected chi connectivity index (χ0v) is 31.5. The number of ketones is 2. The van der Waals surface area contributed by atoms with E-state index in [0.717, 1.165) is 10.8 Å². The molecule has 0 saturated carbocycles. The Morgan fingerprint density at radius 2 is 1.19 bits per heavy atom. The lowest BCUT2D eigenvalue weighted by Crippen LogP contribution is -2.26. The van der Waals surface area contributed by atoms with Gasteiger partial charge in [-0.05, 0) is 80.6 Å². The third kappa shape index (κ3) is 15.6. The number of ether oxygens (including phenoxy) is 4. The molecule has 6 aromatic heterocycles. The van der Waals surface area contributed by atoms with Crippen LogP contribution in [-0.4, -0.2) is 114 Å². The second-order valence-electron chi connectivity index (χ2n) is 10.4. The van der Waals surface area contributed by atoms with E-state index in [2.05, 4.69) is 50.4 Å². The van der Waals surface area contributed by atoms with Crippen molar-refractivity contribution >= 4 is 17.5 Å². The predicted octanol–water partition coefficient (Wildman–Crippen LogP) is 3.85. The molecule has 0 aliphatic heterocycles. The molecule has 0 saturated heterocycles. The summed E-state index contributed by atoms with van der Waals surface area (Å²) in [5.74, 6) is -0.0259. The van der Waals surface area contributed by atoms with Crippen LogP contribution in [0.4, 0.5) is 0 Å². The van der Waals surface area contributed by atoms with Crippen LogP contribution in [0, 0.1) is 0 Å². The van der Waals surface area contributed by atoms with Gasteiger partial charge in [0, 0.05) is 63.6 Å². The first kappa shape index (κ1) is 44.2. The van der Waals surface area contributed by atoms with E-state index in [4.69, 9.17) is 18.9 Å². The van der Waals surface area contributed by atoms with Crippen molar-refractivity contribution in [2.75, 3.05) is 41.0 Å². The molecule has 0 bridgehead atoms. The van der Waals surface area contributed by atoms with E-state index >= 15 is 0 Å². The summed E-state index contributed by atoms with van der Waals surface area (Å²) in [6.45, 7) is 5.37. The molecule has 57 heavy (non-hydrogen) atoms. The maximum Gasteiger partial charge on any atom is 0.297 e. The van der Waals surface area contributed by atoms with Gasteiger partial charge in [0.25, 0.3) is 5.91 Å². The molecule has 0 spiro atoms. The number of aromatic hydroxyl groups is 1. The Morgan fingerprint density at radius 3 is 1.74 bits per heavy atom. The maximum absolute atomic E-state index is 12.2. The van der Waals surface area contributed by atoms with Gasteiger partial charge in [-0.15, -0.1) is 15.3 Å². The molecule has 0 radical (unpaired) electrons. The SMILES string of the molecule is CCOCOc1cccnc1C(=O)c1cccnn1.CCOCOc1ccncc1.CON(C)C(=O)c1cccnn1.O=C(c1cccnn1)c1ccncc1O. The number of nitrogens with zero attached hydrogens (tertiary/aromatic N) is 10. The van der Waals surface area contributed by atoms with Gasteiger partial charge in [0.1, 0.15) is 22.9 Å². The molecule has 6 aromatic rings. The highest BCUT2D eigenvalue weighted by molar-refractivity contribution is 6.09. The Bertz CT molecular complexity index is 2060. The minimum absolute atomic E-state index is 0.0724. The molecule has 0 aliphatic rings. The fourth-order valence-electron chi connectivity index (χ4n) is 3.84. The molecule has 0 unspecified atom stereocenters. The van der Waals surface area contributed by atoms with E-state index in [1.54, 1.807) is 67.0 Å². The van der Waals surface area contributed by atoms with Crippen LogP contribution in [-0.2, 0) is 14.3 Å². The van der Waals surface area contributed by atoms with Crippen LogP contribution in [0.5, 0.6) is 17.2 Å². The van der Waals surface area contributed by atoms with Crippen molar-refractivity contribution in [3.8, 4) is 17.2 Å². The van der Waals surface area contributed by atoms with Crippen molar-refractivity contribution in [1.82, 2.24) is 50.6 Å². The van der Waals surface area contributed by atoms with Gasteiger partial charge in [0.15, 0.2) is 30.7 Å². The van der Waals surface area contributed by atoms with E-state index in [0.29, 0.717) is 25.8 Å². The second kappa shape index (κ2) is 25.7. The highest BCUT2D eigenvalue weighted by Gasteiger charge is 2.18. The third-order valence-electron chi connectivity index (χ3n) is 6.66. The Balaban J connectivity index is 0.000000208. The third-order valence-corrected chi connectivity index (χ3v) is 6.66. The van der Waals surface area contributed by atoms with Crippen LogP contribution in [0.25, 0.3) is 0 Å². The van der Waals surface area contributed by atoms with Crippen molar-refractivity contribution in [2.24, 2.45) is 0 Å². The van der Waals surface area contributed by atoms with Crippen LogP contribution in [0.1, 0.15) is 56.6 Å². The van der Waals surface area contributed by atoms with E-state index in [9.17, 15) is 19.5 Å². The first-order chi connectivity index (χ1) is 27.8. The lowest BCUT2D eigenvalue weighted by molar-refractivity contribution is -0.0761. The van der Waals surface area contributed by atoms with Gasteiger partial charge in [-0.2, -0.15) is 15.3 Å². The average Bonchev–Trinajstić information content (AvgIpc) is 3.28. The lowest BCUT2D eigenvalue weighted by atomic mass is 10.1. The topological polar surface area (TPSA) is 237 Å². The molecule has 1 N–H and O–H groups in total. The molecular weight excluding hydrogens is 740 g/mol. The number of rotatable bonds is 14. The number of hydrogen-bond acceptors (Lipinski definition) is 18. The number of amides is 1. The minimum atomic E-state index is -0.372. The van der Waals surface area contributed by atoms with E-state index in [1.165, 1.54) is 63.5 Å². The van der Waals surface area contributed by atoms with Crippen LogP contribution < -0.4 is 9.47 Å². The smallest absolute Gasteiger partial charge is 0.297 e. The lowest BCUT2D eigenvalue weighted by Gasteiger charge is -2.11. The molecule has 0 atom stereocenters. The van der Waals surface area contributed by atoms with Crippen molar-refractivity contribution in [3.05, 3.63) is 145 Å². The zero-order chi connectivity index (χ0) is 41.1. The normalized spacial score (nSPS) is 9.82. The number of carbonyl (C=O) groups is 3. The number of aromatic nitrogens is 9. The van der Waals surface area contributed by atoms with Gasteiger partial charge >= 0.3 is 0 Å². The van der Waals surface area contributed by atoms with Crippen molar-refractivity contribution in [1.29, 1.82) is 0 Å². The summed E-state index contributed by atoms with van der Waals surface area (Å²) in [4.78, 5) is 51.5. The molecule has 19 heteroatoms. The first-order valence-corrected chi connectivity index (χ1v) is 16.9. The van der Waals surface area contributed by atoms with E-state index in [-0.39, 0.29) is 58.4 Å². The molecule has 6 rings (SSSR count). The standard InChI is InChI=1S/C13H13N3O3.C10H7N3O2.C8H11NO2.C7H9N3O2/c1-2-18-9-19-11-6-4-7-14-12(11)13(17)10-5-3-8-15-16-10;14-9-6-11-5-3-7(9)10(15)8-2-1-4-12-13-8;1-2-10-7-11-8-3-5-9-6-4-8;1-10(12-2)7(11)6-4-3-5-8-9-6/h3-8H,2,9H2,1H3;1-6,14H;3-6H,2,7H2,1H3;3-5H,1-2H3. The molecule has 1 amide bonds. The van der Waals surface area contributed by atoms with E-state index < -0.39 is 0 Å². The molecular formula is C38H40N10O9. The van der Waals surface area contributed by atoms with Crippen LogP contribution in [0.3, 0.4) is 0 Å². The number of pyridine rings is 3. The van der Waals surface area contributed by atoms with Crippen LogP contribution in [0.15, 0.2) is 116 Å². The summed E-state index contributed by atoms with van der Waals surface area (Å²) in [7, 11) is 2.92. The first-order valence-electron chi connectivity index (χ1n) is 16.9. The molecule has 0 aromatic carbocycles. The quantitative estimate of drug-likeness (QED) is 0.0715. The Kier molecular flexibility index (Phi) is 19.9. The molecule has 296 valence electrons. The summed E-state index contributed by atoms with van der Waals surface area (Å²) in [5, 5.41) is 32.4. The summed E-state index contributed by atoms with van der Waals surface area (Å²) >= 11 is 0. The summed E-state index contributed by atoms with van der Waals surface area (Å²) in [5.41, 5.74) is 1.05. The van der Waals surface area contributed by atoms with Gasteiger partial charge < -0.3 is 24.1 Å². The largest absolute Gasteiger partial charge is 0.506 e. The van der Waals surface area contributed by atoms with Crippen molar-refractivity contribution in [3.63, 3.8) is 0 Å². The molecule has 0 fully saturated rings. The summed E-state index contributed by atoms with van der Waals surface area (Å²) < 4.78 is 20.6. The number of hydroxylamine groups is 2. The summed E-state index contributed by atoms with van der Waals surface area (Å²) in [6, 6.07) is 18.0. The number of carbonyl (C=O) groups excluding carboxylic acids is 3. The highest BCUT2D eigenvalue weighted by Crippen LogP contribution is 2.19. The van der Waals surface area contributed by atoms with Gasteiger partial charge in [-0.25, -0.2) is 10.0 Å². The average molecular weight is 781 g/mol. The summed E-state index contributed by atoms with van der Waals surface area (Å²) in [6.07, 6.45) is 12.0. The van der Waals surface area contributed by atoms with Crippen LogP contribution >= 0.6 is 0 Å². The molecule has 0 aliphatic carbocycles. The zero-order valence-electron chi connectivity index (χ0n) is 31.5. The Hall–Kier alpha value is -7.22. The Morgan fingerprint density at radius 1 is 0.649 bits per heavy atom.